The molecular formula is C15H23N3O2S. The summed E-state index contributed by atoms with van der Waals surface area (Å²) >= 11 is 1.63. The molecule has 0 bridgehead atoms. The number of nitrogens with one attached hydrogen (secondary N) is 2. The van der Waals surface area contributed by atoms with Crippen molar-refractivity contribution < 1.29 is 9.59 Å². The summed E-state index contributed by atoms with van der Waals surface area (Å²) in [6, 6.07) is 5.58. The second-order valence-electron chi connectivity index (χ2n) is 5.13. The Balaban J connectivity index is 2.79. The maximum Gasteiger partial charge on any atom is 0.238 e. The summed E-state index contributed by atoms with van der Waals surface area (Å²) < 4.78 is 0. The van der Waals surface area contributed by atoms with Gasteiger partial charge in [-0.1, -0.05) is 6.07 Å². The molecule has 0 saturated carbocycles. The molecule has 0 atom stereocenters. The van der Waals surface area contributed by atoms with Gasteiger partial charge in [-0.3, -0.25) is 9.59 Å². The second kappa shape index (κ2) is 8.69. The van der Waals surface area contributed by atoms with Crippen molar-refractivity contribution in [3.63, 3.8) is 0 Å². The van der Waals surface area contributed by atoms with E-state index < -0.39 is 0 Å². The van der Waals surface area contributed by atoms with Gasteiger partial charge in [0.15, 0.2) is 0 Å². The fourth-order valence-corrected chi connectivity index (χ4v) is 2.14. The Morgan fingerprint density at radius 2 is 1.81 bits per heavy atom. The average molecular weight is 309 g/mol. The van der Waals surface area contributed by atoms with Gasteiger partial charge in [0.05, 0.1) is 17.9 Å². The van der Waals surface area contributed by atoms with Crippen molar-refractivity contribution in [2.75, 3.05) is 43.3 Å². The van der Waals surface area contributed by atoms with Crippen LogP contribution in [0.3, 0.4) is 0 Å². The van der Waals surface area contributed by atoms with Crippen LogP contribution in [0.1, 0.15) is 12.0 Å². The fourth-order valence-electron chi connectivity index (χ4n) is 1.75. The van der Waals surface area contributed by atoms with Crippen LogP contribution >= 0.6 is 11.8 Å². The molecule has 0 aromatic heterocycles. The minimum Gasteiger partial charge on any atom is -0.324 e. The summed E-state index contributed by atoms with van der Waals surface area (Å²) in [5, 5.41) is 5.69. The number of likely N-dealkylation sites (N-methyl/N-ethyl adjacent to an activating group) is 1. The first-order valence-electron chi connectivity index (χ1n) is 6.76. The van der Waals surface area contributed by atoms with Crippen LogP contribution in [0.4, 0.5) is 11.4 Å². The van der Waals surface area contributed by atoms with Crippen LogP contribution in [0.25, 0.3) is 0 Å². The normalized spacial score (nSPS) is 10.5. The van der Waals surface area contributed by atoms with Crippen LogP contribution in [0.2, 0.25) is 0 Å². The maximum atomic E-state index is 11.9. The quantitative estimate of drug-likeness (QED) is 0.810. The van der Waals surface area contributed by atoms with E-state index in [9.17, 15) is 9.59 Å². The number of hydrogen-bond acceptors (Lipinski definition) is 4. The molecule has 2 N–H and O–H groups in total. The van der Waals surface area contributed by atoms with Gasteiger partial charge in [-0.25, -0.2) is 0 Å². The number of aryl methyl sites for hydroxylation is 1. The zero-order valence-corrected chi connectivity index (χ0v) is 13.8. The van der Waals surface area contributed by atoms with Gasteiger partial charge in [-0.05, 0) is 45.0 Å². The Morgan fingerprint density at radius 3 is 2.43 bits per heavy atom. The highest BCUT2D eigenvalue weighted by atomic mass is 32.2. The van der Waals surface area contributed by atoms with E-state index in [-0.39, 0.29) is 11.8 Å². The lowest BCUT2D eigenvalue weighted by Crippen LogP contribution is -2.27. The highest BCUT2D eigenvalue weighted by Crippen LogP contribution is 2.23. The summed E-state index contributed by atoms with van der Waals surface area (Å²) in [6.07, 6.45) is 2.42. The lowest BCUT2D eigenvalue weighted by molar-refractivity contribution is -0.117. The Bertz CT molecular complexity index is 504. The summed E-state index contributed by atoms with van der Waals surface area (Å²) in [7, 11) is 3.67. The standard InChI is InChI=1S/C15H23N3O2S/c1-11-5-6-12(16-15(20)10-18(2)3)13(9-11)17-14(19)7-8-21-4/h5-6,9H,7-8,10H2,1-4H3,(H,16,20)(H,17,19). The molecule has 116 valence electrons. The number of carbonyl (C=O) groups excluding carboxylic acids is 2. The van der Waals surface area contributed by atoms with Crippen molar-refractivity contribution in [1.29, 1.82) is 0 Å². The van der Waals surface area contributed by atoms with Crippen LogP contribution in [0.15, 0.2) is 18.2 Å². The second-order valence-corrected chi connectivity index (χ2v) is 6.11. The van der Waals surface area contributed by atoms with Crippen LogP contribution in [-0.4, -0.2) is 49.4 Å². The van der Waals surface area contributed by atoms with Gasteiger partial charge in [-0.15, -0.1) is 0 Å². The van der Waals surface area contributed by atoms with Gasteiger partial charge in [-0.2, -0.15) is 11.8 Å². The predicted octanol–water partition coefficient (Wildman–Crippen LogP) is 2.19. The first-order valence-corrected chi connectivity index (χ1v) is 8.15. The molecular weight excluding hydrogens is 286 g/mol. The van der Waals surface area contributed by atoms with Gasteiger partial charge in [0.2, 0.25) is 11.8 Å². The van der Waals surface area contributed by atoms with E-state index >= 15 is 0 Å². The van der Waals surface area contributed by atoms with E-state index in [1.807, 2.05) is 45.5 Å². The lowest BCUT2D eigenvalue weighted by Gasteiger charge is -2.15. The molecule has 0 aliphatic heterocycles. The lowest BCUT2D eigenvalue weighted by atomic mass is 10.2. The van der Waals surface area contributed by atoms with Gasteiger partial charge >= 0.3 is 0 Å². The van der Waals surface area contributed by atoms with Crippen LogP contribution < -0.4 is 10.6 Å². The van der Waals surface area contributed by atoms with Gasteiger partial charge < -0.3 is 15.5 Å². The summed E-state index contributed by atoms with van der Waals surface area (Å²) in [6.45, 7) is 2.25. The van der Waals surface area contributed by atoms with E-state index in [0.717, 1.165) is 11.3 Å². The summed E-state index contributed by atoms with van der Waals surface area (Å²) in [4.78, 5) is 25.5. The Labute approximate surface area is 130 Å². The van der Waals surface area contributed by atoms with E-state index in [2.05, 4.69) is 10.6 Å². The molecule has 21 heavy (non-hydrogen) atoms. The molecule has 5 nitrogen and oxygen atoms in total. The van der Waals surface area contributed by atoms with Crippen LogP contribution in [-0.2, 0) is 9.59 Å². The molecule has 0 unspecified atom stereocenters. The number of benzene rings is 1. The minimum absolute atomic E-state index is 0.0435. The van der Waals surface area contributed by atoms with E-state index in [1.54, 1.807) is 16.7 Å². The molecule has 0 saturated heterocycles. The number of hydrogen-bond donors (Lipinski definition) is 2. The minimum atomic E-state index is -0.108. The Kier molecular flexibility index (Phi) is 7.25. The van der Waals surface area contributed by atoms with Crippen molar-refractivity contribution in [2.24, 2.45) is 0 Å². The van der Waals surface area contributed by atoms with Gasteiger partial charge in [0.1, 0.15) is 0 Å². The van der Waals surface area contributed by atoms with Gasteiger partial charge in [0.25, 0.3) is 0 Å². The Hall–Kier alpha value is -1.53. The monoisotopic (exact) mass is 309 g/mol. The van der Waals surface area contributed by atoms with Gasteiger partial charge in [0, 0.05) is 12.2 Å². The van der Waals surface area contributed by atoms with Crippen LogP contribution in [0.5, 0.6) is 0 Å². The number of thioether (sulfide) groups is 1. The largest absolute Gasteiger partial charge is 0.324 e. The Morgan fingerprint density at radius 1 is 1.14 bits per heavy atom. The number of nitrogens with zero attached hydrogens (tertiary/aromatic N) is 1. The third-order valence-electron chi connectivity index (χ3n) is 2.72. The molecule has 1 rings (SSSR count). The molecule has 2 amide bonds. The van der Waals surface area contributed by atoms with Crippen molar-refractivity contribution in [3.8, 4) is 0 Å². The highest BCUT2D eigenvalue weighted by molar-refractivity contribution is 7.98. The zero-order chi connectivity index (χ0) is 15.8. The fraction of sp³-hybridized carbons (Fsp3) is 0.467. The third-order valence-corrected chi connectivity index (χ3v) is 3.33. The van der Waals surface area contributed by atoms with E-state index in [0.29, 0.717) is 24.3 Å². The number of rotatable bonds is 7. The molecule has 0 fully saturated rings. The van der Waals surface area contributed by atoms with Crippen LogP contribution in [0, 0.1) is 6.92 Å². The smallest absolute Gasteiger partial charge is 0.238 e. The molecule has 0 spiro atoms. The van der Waals surface area contributed by atoms with Crippen molar-refractivity contribution in [3.05, 3.63) is 23.8 Å². The zero-order valence-electron chi connectivity index (χ0n) is 13.0. The first kappa shape index (κ1) is 17.5. The molecule has 1 aromatic carbocycles. The SMILES string of the molecule is CSCCC(=O)Nc1cc(C)ccc1NC(=O)CN(C)C. The molecule has 0 heterocycles. The third kappa shape index (κ3) is 6.64. The van der Waals surface area contributed by atoms with Crippen molar-refractivity contribution in [2.45, 2.75) is 13.3 Å². The van der Waals surface area contributed by atoms with Crippen molar-refractivity contribution in [1.82, 2.24) is 4.90 Å². The highest BCUT2D eigenvalue weighted by Gasteiger charge is 2.10. The van der Waals surface area contributed by atoms with E-state index in [4.69, 9.17) is 0 Å². The first-order chi connectivity index (χ1) is 9.92. The molecule has 0 radical (unpaired) electrons. The number of amides is 2. The van der Waals surface area contributed by atoms with E-state index in [1.165, 1.54) is 0 Å². The average Bonchev–Trinajstić information content (AvgIpc) is 2.38. The number of anilines is 2. The maximum absolute atomic E-state index is 11.9. The molecule has 6 heteroatoms. The predicted molar refractivity (Wildman–Crippen MR) is 90.0 cm³/mol. The molecule has 1 aromatic rings. The van der Waals surface area contributed by atoms with Crippen molar-refractivity contribution >= 4 is 35.0 Å². The molecule has 0 aliphatic rings. The summed E-state index contributed by atoms with van der Waals surface area (Å²) in [5.41, 5.74) is 2.30. The molecule has 0 aliphatic carbocycles. The summed E-state index contributed by atoms with van der Waals surface area (Å²) in [5.74, 6) is 0.626. The topological polar surface area (TPSA) is 61.4 Å². The number of carbonyl (C=O) groups is 2.